The van der Waals surface area contributed by atoms with Crippen molar-refractivity contribution < 1.29 is 9.53 Å². The van der Waals surface area contributed by atoms with E-state index in [0.29, 0.717) is 13.2 Å². The fourth-order valence-electron chi connectivity index (χ4n) is 2.58. The van der Waals surface area contributed by atoms with Crippen LogP contribution in [0.25, 0.3) is 0 Å². The van der Waals surface area contributed by atoms with E-state index in [-0.39, 0.29) is 11.8 Å². The molecule has 0 spiro atoms. The first-order chi connectivity index (χ1) is 11.3. The molecule has 0 bridgehead atoms. The highest BCUT2D eigenvalue weighted by Crippen LogP contribution is 2.19. The maximum absolute atomic E-state index is 12.2. The standard InChI is InChI=1S/C18H21N3O2/c22-18(15-7-11-23-12-8-15)21-17-3-1-16(2-4-17)20-13-14-5-9-19-10-6-14/h1-6,9-10,15,20H,7-8,11-13H2,(H,21,22). The van der Waals surface area contributed by atoms with Crippen LogP contribution in [0, 0.1) is 5.92 Å². The van der Waals surface area contributed by atoms with Gasteiger partial charge in [-0.2, -0.15) is 0 Å². The fourth-order valence-corrected chi connectivity index (χ4v) is 2.58. The van der Waals surface area contributed by atoms with E-state index in [9.17, 15) is 4.79 Å². The highest BCUT2D eigenvalue weighted by molar-refractivity contribution is 5.92. The summed E-state index contributed by atoms with van der Waals surface area (Å²) in [6.45, 7) is 2.10. The highest BCUT2D eigenvalue weighted by atomic mass is 16.5. The average molecular weight is 311 g/mol. The lowest BCUT2D eigenvalue weighted by atomic mass is 9.99. The first kappa shape index (κ1) is 15.5. The molecule has 0 aliphatic carbocycles. The highest BCUT2D eigenvalue weighted by Gasteiger charge is 2.21. The van der Waals surface area contributed by atoms with Crippen LogP contribution in [0.1, 0.15) is 18.4 Å². The van der Waals surface area contributed by atoms with E-state index in [1.807, 2.05) is 36.4 Å². The van der Waals surface area contributed by atoms with Gasteiger partial charge in [0.1, 0.15) is 0 Å². The molecule has 0 unspecified atom stereocenters. The van der Waals surface area contributed by atoms with Gasteiger partial charge in [-0.25, -0.2) is 0 Å². The second kappa shape index (κ2) is 7.74. The van der Waals surface area contributed by atoms with E-state index in [0.717, 1.165) is 30.8 Å². The molecule has 1 saturated heterocycles. The van der Waals surface area contributed by atoms with Crippen LogP contribution < -0.4 is 10.6 Å². The number of nitrogens with zero attached hydrogens (tertiary/aromatic N) is 1. The van der Waals surface area contributed by atoms with Crippen molar-refractivity contribution in [3.05, 3.63) is 54.4 Å². The predicted octanol–water partition coefficient (Wildman–Crippen LogP) is 3.06. The normalized spacial score (nSPS) is 15.1. The Labute approximate surface area is 136 Å². The summed E-state index contributed by atoms with van der Waals surface area (Å²) in [4.78, 5) is 16.2. The van der Waals surface area contributed by atoms with Crippen molar-refractivity contribution in [2.75, 3.05) is 23.8 Å². The Hall–Kier alpha value is -2.40. The SMILES string of the molecule is O=C(Nc1ccc(NCc2ccncc2)cc1)C1CCOCC1. The second-order valence-corrected chi connectivity index (χ2v) is 5.66. The summed E-state index contributed by atoms with van der Waals surface area (Å²) in [5.74, 6) is 0.152. The number of carbonyl (C=O) groups excluding carboxylic acids is 1. The minimum absolute atomic E-state index is 0.0632. The largest absolute Gasteiger partial charge is 0.381 e. The summed E-state index contributed by atoms with van der Waals surface area (Å²) in [5, 5.41) is 6.33. The average Bonchev–Trinajstić information content (AvgIpc) is 2.63. The van der Waals surface area contributed by atoms with E-state index >= 15 is 0 Å². The Bertz CT molecular complexity index is 622. The Morgan fingerprint density at radius 2 is 1.70 bits per heavy atom. The molecule has 3 rings (SSSR count). The molecule has 1 aliphatic heterocycles. The molecule has 23 heavy (non-hydrogen) atoms. The van der Waals surface area contributed by atoms with Gasteiger partial charge in [0, 0.05) is 49.4 Å². The van der Waals surface area contributed by atoms with Crippen molar-refractivity contribution in [3.63, 3.8) is 0 Å². The molecule has 1 fully saturated rings. The third kappa shape index (κ3) is 4.53. The minimum Gasteiger partial charge on any atom is -0.381 e. The lowest BCUT2D eigenvalue weighted by molar-refractivity contribution is -0.122. The zero-order valence-corrected chi connectivity index (χ0v) is 13.0. The zero-order valence-electron chi connectivity index (χ0n) is 13.0. The van der Waals surface area contributed by atoms with Gasteiger partial charge in [-0.05, 0) is 54.8 Å². The van der Waals surface area contributed by atoms with E-state index in [1.54, 1.807) is 12.4 Å². The molecule has 1 amide bonds. The summed E-state index contributed by atoms with van der Waals surface area (Å²) in [7, 11) is 0. The predicted molar refractivity (Wildman–Crippen MR) is 90.2 cm³/mol. The Balaban J connectivity index is 1.51. The topological polar surface area (TPSA) is 63.2 Å². The molecule has 2 N–H and O–H groups in total. The summed E-state index contributed by atoms with van der Waals surface area (Å²) in [5.41, 5.74) is 3.03. The number of hydrogen-bond acceptors (Lipinski definition) is 4. The van der Waals surface area contributed by atoms with Gasteiger partial charge in [0.15, 0.2) is 0 Å². The van der Waals surface area contributed by atoms with Crippen molar-refractivity contribution in [1.82, 2.24) is 4.98 Å². The van der Waals surface area contributed by atoms with Gasteiger partial charge in [-0.1, -0.05) is 0 Å². The van der Waals surface area contributed by atoms with Gasteiger partial charge in [0.25, 0.3) is 0 Å². The number of aromatic nitrogens is 1. The quantitative estimate of drug-likeness (QED) is 0.891. The van der Waals surface area contributed by atoms with Crippen LogP contribution in [0.2, 0.25) is 0 Å². The van der Waals surface area contributed by atoms with Crippen LogP contribution in [0.5, 0.6) is 0 Å². The van der Waals surface area contributed by atoms with E-state index < -0.39 is 0 Å². The number of pyridine rings is 1. The van der Waals surface area contributed by atoms with Crippen molar-refractivity contribution in [2.45, 2.75) is 19.4 Å². The van der Waals surface area contributed by atoms with Gasteiger partial charge in [0.05, 0.1) is 0 Å². The number of ether oxygens (including phenoxy) is 1. The van der Waals surface area contributed by atoms with Crippen LogP contribution >= 0.6 is 0 Å². The van der Waals surface area contributed by atoms with Crippen LogP contribution in [0.15, 0.2) is 48.8 Å². The number of rotatable bonds is 5. The lowest BCUT2D eigenvalue weighted by Gasteiger charge is -2.21. The van der Waals surface area contributed by atoms with Crippen molar-refractivity contribution in [2.24, 2.45) is 5.92 Å². The molecule has 1 aliphatic rings. The van der Waals surface area contributed by atoms with Crippen molar-refractivity contribution in [3.8, 4) is 0 Å². The molecular weight excluding hydrogens is 290 g/mol. The molecule has 0 atom stereocenters. The molecule has 2 heterocycles. The van der Waals surface area contributed by atoms with Gasteiger partial charge in [0.2, 0.25) is 5.91 Å². The van der Waals surface area contributed by atoms with Crippen LogP contribution in [0.4, 0.5) is 11.4 Å². The van der Waals surface area contributed by atoms with Gasteiger partial charge in [-0.15, -0.1) is 0 Å². The van der Waals surface area contributed by atoms with Crippen LogP contribution in [-0.2, 0) is 16.1 Å². The Kier molecular flexibility index (Phi) is 5.21. The molecule has 0 saturated carbocycles. The number of amides is 1. The van der Waals surface area contributed by atoms with Crippen molar-refractivity contribution >= 4 is 17.3 Å². The first-order valence-electron chi connectivity index (χ1n) is 7.93. The molecular formula is C18H21N3O2. The number of carbonyl (C=O) groups is 1. The Morgan fingerprint density at radius 3 is 2.39 bits per heavy atom. The number of hydrogen-bond donors (Lipinski definition) is 2. The fraction of sp³-hybridized carbons (Fsp3) is 0.333. The molecule has 1 aromatic carbocycles. The lowest BCUT2D eigenvalue weighted by Crippen LogP contribution is -2.28. The van der Waals surface area contributed by atoms with E-state index in [1.165, 1.54) is 5.56 Å². The van der Waals surface area contributed by atoms with E-state index in [2.05, 4.69) is 15.6 Å². The maximum Gasteiger partial charge on any atom is 0.227 e. The number of nitrogens with one attached hydrogen (secondary N) is 2. The molecule has 5 heteroatoms. The maximum atomic E-state index is 12.2. The number of anilines is 2. The Morgan fingerprint density at radius 1 is 1.04 bits per heavy atom. The zero-order chi connectivity index (χ0) is 15.9. The third-order valence-electron chi connectivity index (χ3n) is 3.99. The monoisotopic (exact) mass is 311 g/mol. The smallest absolute Gasteiger partial charge is 0.227 e. The van der Waals surface area contributed by atoms with Crippen LogP contribution in [-0.4, -0.2) is 24.1 Å². The van der Waals surface area contributed by atoms with Crippen LogP contribution in [0.3, 0.4) is 0 Å². The summed E-state index contributed by atoms with van der Waals surface area (Å²) in [6.07, 6.45) is 5.17. The summed E-state index contributed by atoms with van der Waals surface area (Å²) < 4.78 is 5.29. The molecule has 120 valence electrons. The molecule has 2 aromatic rings. The molecule has 5 nitrogen and oxygen atoms in total. The molecule has 1 aromatic heterocycles. The first-order valence-corrected chi connectivity index (χ1v) is 7.93. The second-order valence-electron chi connectivity index (χ2n) is 5.66. The van der Waals surface area contributed by atoms with E-state index in [4.69, 9.17) is 4.74 Å². The van der Waals surface area contributed by atoms with Crippen molar-refractivity contribution in [1.29, 1.82) is 0 Å². The molecule has 0 radical (unpaired) electrons. The third-order valence-corrected chi connectivity index (χ3v) is 3.99. The number of benzene rings is 1. The minimum atomic E-state index is 0.0632. The summed E-state index contributed by atoms with van der Waals surface area (Å²) >= 11 is 0. The van der Waals surface area contributed by atoms with Gasteiger partial charge < -0.3 is 15.4 Å². The van der Waals surface area contributed by atoms with Gasteiger partial charge >= 0.3 is 0 Å². The van der Waals surface area contributed by atoms with Gasteiger partial charge in [-0.3, -0.25) is 9.78 Å². The summed E-state index contributed by atoms with van der Waals surface area (Å²) in [6, 6.07) is 11.8.